The van der Waals surface area contributed by atoms with Crippen LogP contribution in [-0.4, -0.2) is 35.6 Å². The highest BCUT2D eigenvalue weighted by molar-refractivity contribution is 5.75. The Kier molecular flexibility index (Phi) is 3.97. The summed E-state index contributed by atoms with van der Waals surface area (Å²) >= 11 is 0. The molecule has 98 valence electrons. The average molecular weight is 248 g/mol. The average Bonchev–Trinajstić information content (AvgIpc) is 2.38. The van der Waals surface area contributed by atoms with Gasteiger partial charge in [-0.15, -0.1) is 0 Å². The molecule has 4 heteroatoms. The van der Waals surface area contributed by atoms with Crippen molar-refractivity contribution >= 4 is 12.1 Å². The lowest BCUT2D eigenvalue weighted by atomic mass is 9.91. The van der Waals surface area contributed by atoms with Gasteiger partial charge in [0.2, 0.25) is 0 Å². The van der Waals surface area contributed by atoms with Gasteiger partial charge in [0.05, 0.1) is 12.1 Å². The monoisotopic (exact) mass is 248 g/mol. The van der Waals surface area contributed by atoms with E-state index in [1.165, 1.54) is 0 Å². The number of carbonyl (C=O) groups excluding carboxylic acids is 1. The summed E-state index contributed by atoms with van der Waals surface area (Å²) < 4.78 is 0. The number of rotatable bonds is 3. The summed E-state index contributed by atoms with van der Waals surface area (Å²) in [6, 6.07) is 1.97. The molecule has 0 saturated heterocycles. The Labute approximate surface area is 108 Å². The van der Waals surface area contributed by atoms with Crippen molar-refractivity contribution in [1.82, 2.24) is 4.98 Å². The molecule has 1 aromatic heterocycles. The van der Waals surface area contributed by atoms with Gasteiger partial charge in [-0.3, -0.25) is 4.79 Å². The fourth-order valence-corrected chi connectivity index (χ4v) is 2.72. The lowest BCUT2D eigenvalue weighted by molar-refractivity contribution is 0.106. The van der Waals surface area contributed by atoms with E-state index in [-0.39, 0.29) is 12.1 Å². The van der Waals surface area contributed by atoms with E-state index in [2.05, 4.69) is 4.98 Å². The minimum Gasteiger partial charge on any atom is -0.391 e. The van der Waals surface area contributed by atoms with Gasteiger partial charge in [-0.1, -0.05) is 12.8 Å². The molecular formula is C14H20N2O2. The van der Waals surface area contributed by atoms with Gasteiger partial charge in [-0.05, 0) is 31.4 Å². The van der Waals surface area contributed by atoms with Crippen LogP contribution in [-0.2, 0) is 0 Å². The largest absolute Gasteiger partial charge is 0.391 e. The first-order chi connectivity index (χ1) is 8.63. The van der Waals surface area contributed by atoms with Crippen molar-refractivity contribution in [3.05, 3.63) is 23.4 Å². The quantitative estimate of drug-likeness (QED) is 0.831. The smallest absolute Gasteiger partial charge is 0.151 e. The molecule has 0 radical (unpaired) electrons. The van der Waals surface area contributed by atoms with Gasteiger partial charge in [-0.25, -0.2) is 4.98 Å². The predicted molar refractivity (Wildman–Crippen MR) is 71.0 cm³/mol. The minimum absolute atomic E-state index is 0.132. The van der Waals surface area contributed by atoms with Crippen molar-refractivity contribution in [3.63, 3.8) is 0 Å². The highest BCUT2D eigenvalue weighted by atomic mass is 16.3. The molecule has 18 heavy (non-hydrogen) atoms. The van der Waals surface area contributed by atoms with Crippen LogP contribution in [0.25, 0.3) is 0 Å². The van der Waals surface area contributed by atoms with E-state index < -0.39 is 0 Å². The highest BCUT2D eigenvalue weighted by Gasteiger charge is 2.27. The van der Waals surface area contributed by atoms with Crippen molar-refractivity contribution in [3.8, 4) is 0 Å². The van der Waals surface area contributed by atoms with Crippen LogP contribution in [0.15, 0.2) is 12.3 Å². The van der Waals surface area contributed by atoms with Crippen molar-refractivity contribution in [2.75, 3.05) is 11.9 Å². The predicted octanol–water partition coefficient (Wildman–Crippen LogP) is 1.94. The minimum atomic E-state index is -0.282. The number of anilines is 1. The van der Waals surface area contributed by atoms with Gasteiger partial charge >= 0.3 is 0 Å². The van der Waals surface area contributed by atoms with Gasteiger partial charge in [0, 0.05) is 18.8 Å². The molecule has 1 N–H and O–H groups in total. The first-order valence-electron chi connectivity index (χ1n) is 6.46. The standard InChI is InChI=1S/C14H20N2O2/c1-10-7-11(9-17)8-15-14(10)16(2)12-5-3-4-6-13(12)18/h7-9,12-13,18H,3-6H2,1-2H3. The molecule has 1 fully saturated rings. The molecule has 2 atom stereocenters. The molecule has 0 aliphatic heterocycles. The maximum absolute atomic E-state index is 10.7. The third-order valence-electron chi connectivity index (χ3n) is 3.73. The summed E-state index contributed by atoms with van der Waals surface area (Å²) in [5.74, 6) is 0.853. The Morgan fingerprint density at radius 2 is 2.17 bits per heavy atom. The van der Waals surface area contributed by atoms with Crippen molar-refractivity contribution in [1.29, 1.82) is 0 Å². The highest BCUT2D eigenvalue weighted by Crippen LogP contribution is 2.27. The lowest BCUT2D eigenvalue weighted by Gasteiger charge is -2.36. The van der Waals surface area contributed by atoms with E-state index in [1.807, 2.05) is 24.9 Å². The molecule has 1 aliphatic carbocycles. The molecular weight excluding hydrogens is 228 g/mol. The summed E-state index contributed by atoms with van der Waals surface area (Å²) in [5.41, 5.74) is 1.56. The zero-order valence-electron chi connectivity index (χ0n) is 11.0. The zero-order chi connectivity index (χ0) is 13.1. The number of likely N-dealkylation sites (N-methyl/N-ethyl adjacent to an activating group) is 1. The number of carbonyl (C=O) groups is 1. The van der Waals surface area contributed by atoms with E-state index in [0.29, 0.717) is 5.56 Å². The zero-order valence-corrected chi connectivity index (χ0v) is 11.0. The van der Waals surface area contributed by atoms with E-state index >= 15 is 0 Å². The summed E-state index contributed by atoms with van der Waals surface area (Å²) in [4.78, 5) is 17.1. The maximum Gasteiger partial charge on any atom is 0.151 e. The second-order valence-corrected chi connectivity index (χ2v) is 5.06. The molecule has 1 aliphatic rings. The molecule has 1 saturated carbocycles. The second-order valence-electron chi connectivity index (χ2n) is 5.06. The lowest BCUT2D eigenvalue weighted by Crippen LogP contribution is -2.44. The molecule has 0 spiro atoms. The number of aldehydes is 1. The van der Waals surface area contributed by atoms with Crippen LogP contribution >= 0.6 is 0 Å². The van der Waals surface area contributed by atoms with Crippen molar-refractivity contribution in [2.24, 2.45) is 0 Å². The Balaban J connectivity index is 2.22. The molecule has 1 aromatic rings. The van der Waals surface area contributed by atoms with Gasteiger partial charge in [0.25, 0.3) is 0 Å². The normalized spacial score (nSPS) is 23.7. The van der Waals surface area contributed by atoms with Crippen LogP contribution < -0.4 is 4.90 Å². The Hall–Kier alpha value is -1.42. The first-order valence-corrected chi connectivity index (χ1v) is 6.46. The SMILES string of the molecule is Cc1cc(C=O)cnc1N(C)C1CCCCC1O. The fourth-order valence-electron chi connectivity index (χ4n) is 2.72. The topological polar surface area (TPSA) is 53.4 Å². The maximum atomic E-state index is 10.7. The second kappa shape index (κ2) is 5.48. The van der Waals surface area contributed by atoms with Gasteiger partial charge < -0.3 is 10.0 Å². The molecule has 2 unspecified atom stereocenters. The summed E-state index contributed by atoms with van der Waals surface area (Å²) in [6.07, 6.45) is 6.21. The molecule has 0 aromatic carbocycles. The molecule has 4 nitrogen and oxygen atoms in total. The molecule has 0 bridgehead atoms. The Morgan fingerprint density at radius 1 is 1.44 bits per heavy atom. The van der Waals surface area contributed by atoms with Crippen LogP contribution in [0.4, 0.5) is 5.82 Å². The van der Waals surface area contributed by atoms with Gasteiger partial charge in [0.15, 0.2) is 6.29 Å². The van der Waals surface area contributed by atoms with Crippen molar-refractivity contribution in [2.45, 2.75) is 44.8 Å². The van der Waals surface area contributed by atoms with Crippen LogP contribution in [0.5, 0.6) is 0 Å². The number of aliphatic hydroxyl groups excluding tert-OH is 1. The van der Waals surface area contributed by atoms with Gasteiger partial charge in [0.1, 0.15) is 5.82 Å². The van der Waals surface area contributed by atoms with Crippen molar-refractivity contribution < 1.29 is 9.90 Å². The summed E-state index contributed by atoms with van der Waals surface area (Å²) in [6.45, 7) is 1.95. The third-order valence-corrected chi connectivity index (χ3v) is 3.73. The molecule has 0 amide bonds. The number of aliphatic hydroxyl groups is 1. The van der Waals surface area contributed by atoms with E-state index in [9.17, 15) is 9.90 Å². The fraction of sp³-hybridized carbons (Fsp3) is 0.571. The van der Waals surface area contributed by atoms with Crippen LogP contribution in [0.1, 0.15) is 41.6 Å². The number of nitrogens with zero attached hydrogens (tertiary/aromatic N) is 2. The number of pyridine rings is 1. The number of hydrogen-bond donors (Lipinski definition) is 1. The number of aryl methyl sites for hydroxylation is 1. The van der Waals surface area contributed by atoms with Crippen LogP contribution in [0, 0.1) is 6.92 Å². The van der Waals surface area contributed by atoms with E-state index in [0.717, 1.165) is 43.4 Å². The summed E-state index contributed by atoms with van der Waals surface area (Å²) in [7, 11) is 1.97. The molecule has 1 heterocycles. The first kappa shape index (κ1) is 13.0. The van der Waals surface area contributed by atoms with Crippen LogP contribution in [0.2, 0.25) is 0 Å². The van der Waals surface area contributed by atoms with Gasteiger partial charge in [-0.2, -0.15) is 0 Å². The van der Waals surface area contributed by atoms with E-state index in [4.69, 9.17) is 0 Å². The number of aromatic nitrogens is 1. The Morgan fingerprint density at radius 3 is 2.78 bits per heavy atom. The van der Waals surface area contributed by atoms with E-state index in [1.54, 1.807) is 6.20 Å². The Bertz CT molecular complexity index is 434. The molecule has 2 rings (SSSR count). The summed E-state index contributed by atoms with van der Waals surface area (Å²) in [5, 5.41) is 10.1. The third kappa shape index (κ3) is 2.53. The van der Waals surface area contributed by atoms with Crippen LogP contribution in [0.3, 0.4) is 0 Å². The number of hydrogen-bond acceptors (Lipinski definition) is 4.